The van der Waals surface area contributed by atoms with Gasteiger partial charge in [-0.2, -0.15) is 0 Å². The molecule has 2 saturated heterocycles. The third kappa shape index (κ3) is 10.3. The number of rotatable bonds is 11. The molecule has 4 heterocycles. The van der Waals surface area contributed by atoms with Crippen molar-refractivity contribution in [1.82, 2.24) is 30.1 Å². The standard InChI is InChI=1S/C49H70N6O9S/c1-6-31(3)49(5,46(58)53-65(60,61)48(4)24-25-48)52-43(56)39-29-35-30-55(39)45(57)41(32-16-10-8-11-17-32)51-47(59)64-40-28-33(40)18-12-9-13-20-37-42(62-34-22-26-54(7-2)27-23-34)36-19-14-15-21-38(36)50-44(37)63-35/h6,14-15,19,21,31-35,39-41H,1,7-13,16-18,20,22-30H2,2-5H3,(H,51,59)(H,52,56)(H,53,58). The summed E-state index contributed by atoms with van der Waals surface area (Å²) in [5.74, 6) is -1.46. The maximum Gasteiger partial charge on any atom is 0.408 e. The van der Waals surface area contributed by atoms with Gasteiger partial charge in [-0.3, -0.25) is 19.1 Å². The minimum absolute atomic E-state index is 0.00611. The Hall–Kier alpha value is -4.44. The molecule has 356 valence electrons. The van der Waals surface area contributed by atoms with Gasteiger partial charge < -0.3 is 34.6 Å². The Morgan fingerprint density at radius 1 is 1.02 bits per heavy atom. The van der Waals surface area contributed by atoms with Gasteiger partial charge in [-0.1, -0.05) is 64.2 Å². The number of aromatic nitrogens is 1. The van der Waals surface area contributed by atoms with E-state index in [4.69, 9.17) is 19.2 Å². The molecule has 4 amide bonds. The summed E-state index contributed by atoms with van der Waals surface area (Å²) in [6.45, 7) is 13.7. The lowest BCUT2D eigenvalue weighted by molar-refractivity contribution is -0.143. The largest absolute Gasteiger partial charge is 0.489 e. The van der Waals surface area contributed by atoms with Crippen molar-refractivity contribution in [3.05, 3.63) is 42.5 Å². The number of nitrogens with zero attached hydrogens (tertiary/aromatic N) is 3. The molecule has 3 saturated carbocycles. The fraction of sp³-hybridized carbons (Fsp3) is 0.694. The zero-order valence-electron chi connectivity index (χ0n) is 38.8. The van der Waals surface area contributed by atoms with Crippen molar-refractivity contribution >= 4 is 44.7 Å². The third-order valence-corrected chi connectivity index (χ3v) is 17.7. The van der Waals surface area contributed by atoms with E-state index in [-0.39, 0.29) is 37.0 Å². The first-order valence-electron chi connectivity index (χ1n) is 24.4. The van der Waals surface area contributed by atoms with E-state index in [1.54, 1.807) is 13.8 Å². The number of ether oxygens (including phenoxy) is 3. The van der Waals surface area contributed by atoms with Crippen LogP contribution in [0.4, 0.5) is 4.79 Å². The predicted octanol–water partition coefficient (Wildman–Crippen LogP) is 6.32. The van der Waals surface area contributed by atoms with Crippen LogP contribution in [0.15, 0.2) is 36.9 Å². The number of alkyl carbamates (subject to hydrolysis) is 1. The maximum atomic E-state index is 15.2. The van der Waals surface area contributed by atoms with Crippen molar-refractivity contribution in [3.63, 3.8) is 0 Å². The molecule has 8 rings (SSSR count). The van der Waals surface area contributed by atoms with Crippen LogP contribution in [0, 0.1) is 17.8 Å². The highest BCUT2D eigenvalue weighted by Gasteiger charge is 2.54. The van der Waals surface area contributed by atoms with Crippen LogP contribution in [-0.4, -0.2) is 114 Å². The molecule has 65 heavy (non-hydrogen) atoms. The summed E-state index contributed by atoms with van der Waals surface area (Å²) >= 11 is 0. The highest BCUT2D eigenvalue weighted by atomic mass is 32.2. The average molecular weight is 919 g/mol. The van der Waals surface area contributed by atoms with Crippen LogP contribution in [-0.2, 0) is 35.6 Å². The number of hydrogen-bond acceptors (Lipinski definition) is 11. The molecule has 6 aliphatic rings. The summed E-state index contributed by atoms with van der Waals surface area (Å²) in [6, 6.07) is 5.79. The molecule has 7 atom stereocenters. The Morgan fingerprint density at radius 3 is 2.40 bits per heavy atom. The Labute approximate surface area is 384 Å². The first-order valence-corrected chi connectivity index (χ1v) is 25.9. The van der Waals surface area contributed by atoms with Crippen LogP contribution in [0.2, 0.25) is 0 Å². The Bertz CT molecular complexity index is 2220. The van der Waals surface area contributed by atoms with Gasteiger partial charge >= 0.3 is 6.09 Å². The monoisotopic (exact) mass is 918 g/mol. The van der Waals surface area contributed by atoms with E-state index in [0.29, 0.717) is 30.7 Å². The van der Waals surface area contributed by atoms with Crippen molar-refractivity contribution in [2.24, 2.45) is 17.8 Å². The summed E-state index contributed by atoms with van der Waals surface area (Å²) in [6.07, 6.45) is 12.0. The second-order valence-electron chi connectivity index (χ2n) is 20.1. The number of para-hydroxylation sites is 1. The van der Waals surface area contributed by atoms with Crippen molar-refractivity contribution in [3.8, 4) is 11.6 Å². The average Bonchev–Trinajstić information content (AvgIpc) is 4.20. The quantitative estimate of drug-likeness (QED) is 0.214. The molecule has 5 fully saturated rings. The van der Waals surface area contributed by atoms with Gasteiger partial charge in [0.2, 0.25) is 27.7 Å². The van der Waals surface area contributed by atoms with Gasteiger partial charge in [-0.05, 0) is 109 Å². The summed E-state index contributed by atoms with van der Waals surface area (Å²) in [7, 11) is -4.06. The van der Waals surface area contributed by atoms with Crippen molar-refractivity contribution in [1.29, 1.82) is 0 Å². The zero-order valence-corrected chi connectivity index (χ0v) is 39.6. The number of nitrogens with one attached hydrogen (secondary N) is 3. The van der Waals surface area contributed by atoms with Crippen molar-refractivity contribution in [2.45, 2.75) is 171 Å². The topological polar surface area (TPSA) is 186 Å². The van der Waals surface area contributed by atoms with E-state index in [9.17, 15) is 22.8 Å². The van der Waals surface area contributed by atoms with Crippen LogP contribution >= 0.6 is 0 Å². The Balaban J connectivity index is 1.16. The molecular formula is C49H70N6O9S. The summed E-state index contributed by atoms with van der Waals surface area (Å²) in [4.78, 5) is 66.8. The van der Waals surface area contributed by atoms with Gasteiger partial charge in [0.05, 0.1) is 22.4 Å². The highest BCUT2D eigenvalue weighted by Crippen LogP contribution is 2.43. The molecule has 2 bridgehead atoms. The molecule has 1 aromatic heterocycles. The molecule has 15 nitrogen and oxygen atoms in total. The number of piperidine rings is 1. The van der Waals surface area contributed by atoms with E-state index in [1.807, 2.05) is 24.3 Å². The first-order chi connectivity index (χ1) is 31.1. The van der Waals surface area contributed by atoms with Gasteiger partial charge in [0.25, 0.3) is 5.91 Å². The molecule has 0 spiro atoms. The van der Waals surface area contributed by atoms with Gasteiger partial charge in [0.15, 0.2) is 0 Å². The number of fused-ring (bicyclic) bond motifs is 5. The van der Waals surface area contributed by atoms with Gasteiger partial charge in [-0.25, -0.2) is 18.2 Å². The number of benzene rings is 1. The summed E-state index contributed by atoms with van der Waals surface area (Å²) in [5, 5.41) is 6.77. The zero-order chi connectivity index (χ0) is 46.1. The molecule has 2 aromatic rings. The summed E-state index contributed by atoms with van der Waals surface area (Å²) in [5.41, 5.74) is -0.192. The van der Waals surface area contributed by atoms with Crippen LogP contribution in [0.3, 0.4) is 0 Å². The van der Waals surface area contributed by atoms with E-state index >= 15 is 4.79 Å². The number of sulfonamides is 1. The number of hydrogen-bond donors (Lipinski definition) is 3. The highest BCUT2D eigenvalue weighted by molar-refractivity contribution is 7.91. The van der Waals surface area contributed by atoms with E-state index < -0.39 is 68.2 Å². The van der Waals surface area contributed by atoms with Crippen molar-refractivity contribution in [2.75, 3.05) is 26.2 Å². The minimum atomic E-state index is -4.06. The number of carbonyl (C=O) groups excluding carboxylic acids is 4. The molecule has 3 N–H and O–H groups in total. The van der Waals surface area contributed by atoms with Gasteiger partial charge in [0, 0.05) is 30.8 Å². The molecule has 0 radical (unpaired) electrons. The van der Waals surface area contributed by atoms with E-state index in [0.717, 1.165) is 113 Å². The second kappa shape index (κ2) is 19.4. The van der Waals surface area contributed by atoms with Gasteiger partial charge in [0.1, 0.15) is 41.7 Å². The molecule has 3 aliphatic heterocycles. The predicted molar refractivity (Wildman–Crippen MR) is 247 cm³/mol. The fourth-order valence-electron chi connectivity index (χ4n) is 10.3. The molecule has 16 heteroatoms. The first kappa shape index (κ1) is 47.1. The second-order valence-corrected chi connectivity index (χ2v) is 22.3. The van der Waals surface area contributed by atoms with E-state index in [1.165, 1.54) is 17.9 Å². The third-order valence-electron chi connectivity index (χ3n) is 15.5. The Kier molecular flexibility index (Phi) is 14.1. The maximum absolute atomic E-state index is 15.2. The number of likely N-dealkylation sites (tertiary alicyclic amines) is 1. The lowest BCUT2D eigenvalue weighted by Gasteiger charge is -2.37. The van der Waals surface area contributed by atoms with Crippen molar-refractivity contribution < 1.29 is 41.8 Å². The van der Waals surface area contributed by atoms with Crippen LogP contribution in [0.25, 0.3) is 10.9 Å². The summed E-state index contributed by atoms with van der Waals surface area (Å²) < 4.78 is 47.7. The minimum Gasteiger partial charge on any atom is -0.489 e. The SMILES string of the molecule is C=CC(C)C(C)(NC(=O)C1CC2CN1C(=O)C(C1CCCCC1)NC(=O)OC1CC1CCCCCc1c(nc3ccccc3c1OC1CCN(CC)CC1)O2)C(=O)NS(=O)(=O)C1(C)CC1. The normalized spacial score (nSPS) is 28.4. The van der Waals surface area contributed by atoms with Crippen LogP contribution in [0.5, 0.6) is 11.6 Å². The fourth-order valence-corrected chi connectivity index (χ4v) is 11.7. The smallest absolute Gasteiger partial charge is 0.408 e. The van der Waals surface area contributed by atoms with Crippen LogP contribution < -0.4 is 24.8 Å². The van der Waals surface area contributed by atoms with E-state index in [2.05, 4.69) is 33.8 Å². The van der Waals surface area contributed by atoms with Gasteiger partial charge in [-0.15, -0.1) is 6.58 Å². The molecular weight excluding hydrogens is 849 g/mol. The lowest BCUT2D eigenvalue weighted by Crippen LogP contribution is -2.64. The lowest BCUT2D eigenvalue weighted by atomic mass is 9.83. The van der Waals surface area contributed by atoms with Crippen LogP contribution in [0.1, 0.15) is 130 Å². The number of pyridine rings is 1. The molecule has 3 aliphatic carbocycles. The Morgan fingerprint density at radius 2 is 1.71 bits per heavy atom. The molecule has 1 aromatic carbocycles. The number of carbonyl (C=O) groups is 4. The number of amides is 4. The molecule has 7 unspecified atom stereocenters.